The van der Waals surface area contributed by atoms with E-state index in [9.17, 15) is 8.42 Å². The summed E-state index contributed by atoms with van der Waals surface area (Å²) < 4.78 is 30.9. The second kappa shape index (κ2) is 5.51. The highest BCUT2D eigenvalue weighted by Crippen LogP contribution is 2.19. The first-order chi connectivity index (χ1) is 7.89. The quantitative estimate of drug-likeness (QED) is 0.811. The first-order valence-electron chi connectivity index (χ1n) is 5.60. The predicted molar refractivity (Wildman–Crippen MR) is 67.7 cm³/mol. The SMILES string of the molecule is CCOc1ccc(S(=O)(=O)N(C)C(C)C)cc1. The van der Waals surface area contributed by atoms with Crippen LogP contribution < -0.4 is 4.74 Å². The van der Waals surface area contributed by atoms with Crippen molar-refractivity contribution in [2.24, 2.45) is 0 Å². The topological polar surface area (TPSA) is 46.6 Å². The minimum absolute atomic E-state index is 0.0634. The smallest absolute Gasteiger partial charge is 0.243 e. The number of sulfonamides is 1. The molecule has 5 heteroatoms. The second-order valence-corrected chi connectivity index (χ2v) is 6.02. The maximum Gasteiger partial charge on any atom is 0.243 e. The van der Waals surface area contributed by atoms with Crippen LogP contribution in [0, 0.1) is 0 Å². The molecule has 0 amide bonds. The average molecular weight is 257 g/mol. The van der Waals surface area contributed by atoms with Crippen molar-refractivity contribution in [2.75, 3.05) is 13.7 Å². The molecule has 0 saturated heterocycles. The van der Waals surface area contributed by atoms with Crippen molar-refractivity contribution in [2.45, 2.75) is 31.7 Å². The van der Waals surface area contributed by atoms with Gasteiger partial charge in [0.05, 0.1) is 11.5 Å². The molecule has 0 fully saturated rings. The largest absolute Gasteiger partial charge is 0.494 e. The molecule has 0 radical (unpaired) electrons. The first-order valence-corrected chi connectivity index (χ1v) is 7.04. The molecule has 1 rings (SSSR count). The molecule has 0 N–H and O–H groups in total. The van der Waals surface area contributed by atoms with Crippen LogP contribution in [-0.4, -0.2) is 32.4 Å². The Bertz CT molecular complexity index is 451. The van der Waals surface area contributed by atoms with Crippen LogP contribution in [0.25, 0.3) is 0 Å². The van der Waals surface area contributed by atoms with Gasteiger partial charge in [-0.15, -0.1) is 0 Å². The standard InChI is InChI=1S/C12H19NO3S/c1-5-16-11-6-8-12(9-7-11)17(14,15)13(4)10(2)3/h6-10H,5H2,1-4H3. The third-order valence-electron chi connectivity index (χ3n) is 2.54. The third kappa shape index (κ3) is 3.20. The van der Waals surface area contributed by atoms with Crippen molar-refractivity contribution < 1.29 is 13.2 Å². The van der Waals surface area contributed by atoms with E-state index in [0.29, 0.717) is 12.4 Å². The fourth-order valence-corrected chi connectivity index (χ4v) is 2.69. The Morgan fingerprint density at radius 1 is 1.24 bits per heavy atom. The summed E-state index contributed by atoms with van der Waals surface area (Å²) in [6.45, 7) is 6.13. The first kappa shape index (κ1) is 14.0. The van der Waals surface area contributed by atoms with Crippen LogP contribution in [0.1, 0.15) is 20.8 Å². The van der Waals surface area contributed by atoms with Crippen LogP contribution in [0.3, 0.4) is 0 Å². The summed E-state index contributed by atoms with van der Waals surface area (Å²) >= 11 is 0. The molecule has 1 aromatic rings. The maximum atomic E-state index is 12.1. The van der Waals surface area contributed by atoms with Crippen molar-refractivity contribution >= 4 is 10.0 Å². The molecule has 0 unspecified atom stereocenters. The Kier molecular flexibility index (Phi) is 4.54. The van der Waals surface area contributed by atoms with Crippen LogP contribution in [0.4, 0.5) is 0 Å². The lowest BCUT2D eigenvalue weighted by Crippen LogP contribution is -2.32. The Balaban J connectivity index is 3.00. The minimum Gasteiger partial charge on any atom is -0.494 e. The molecule has 17 heavy (non-hydrogen) atoms. The number of ether oxygens (including phenoxy) is 1. The van der Waals surface area contributed by atoms with Crippen LogP contribution in [0.2, 0.25) is 0 Å². The van der Waals surface area contributed by atoms with E-state index in [4.69, 9.17) is 4.74 Å². The summed E-state index contributed by atoms with van der Waals surface area (Å²) in [5.41, 5.74) is 0. The molecule has 0 bridgehead atoms. The number of hydrogen-bond donors (Lipinski definition) is 0. The predicted octanol–water partition coefficient (Wildman–Crippen LogP) is 2.11. The van der Waals surface area contributed by atoms with Gasteiger partial charge in [-0.3, -0.25) is 0 Å². The van der Waals surface area contributed by atoms with Gasteiger partial charge in [0.25, 0.3) is 0 Å². The van der Waals surface area contributed by atoms with E-state index in [1.54, 1.807) is 31.3 Å². The number of benzene rings is 1. The highest BCUT2D eigenvalue weighted by Gasteiger charge is 2.22. The van der Waals surface area contributed by atoms with Crippen LogP contribution in [0.15, 0.2) is 29.2 Å². The van der Waals surface area contributed by atoms with Crippen molar-refractivity contribution in [1.29, 1.82) is 0 Å². The van der Waals surface area contributed by atoms with Crippen molar-refractivity contribution in [3.8, 4) is 5.75 Å². The summed E-state index contributed by atoms with van der Waals surface area (Å²) in [6.07, 6.45) is 0. The number of rotatable bonds is 5. The molecule has 0 aliphatic carbocycles. The molecule has 0 spiro atoms. The highest BCUT2D eigenvalue weighted by atomic mass is 32.2. The van der Waals surface area contributed by atoms with Gasteiger partial charge >= 0.3 is 0 Å². The van der Waals surface area contributed by atoms with Crippen molar-refractivity contribution in [1.82, 2.24) is 4.31 Å². The Morgan fingerprint density at radius 2 is 1.76 bits per heavy atom. The average Bonchev–Trinajstić information content (AvgIpc) is 2.29. The van der Waals surface area contributed by atoms with Crippen molar-refractivity contribution in [3.05, 3.63) is 24.3 Å². The molecule has 0 aliphatic rings. The minimum atomic E-state index is -3.39. The lowest BCUT2D eigenvalue weighted by atomic mass is 10.3. The molecule has 0 atom stereocenters. The van der Waals surface area contributed by atoms with Gasteiger partial charge in [-0.1, -0.05) is 0 Å². The Hall–Kier alpha value is -1.07. The van der Waals surface area contributed by atoms with Gasteiger partial charge in [0.2, 0.25) is 10.0 Å². The van der Waals surface area contributed by atoms with Crippen LogP contribution in [0.5, 0.6) is 5.75 Å². The van der Waals surface area contributed by atoms with E-state index in [-0.39, 0.29) is 10.9 Å². The molecule has 4 nitrogen and oxygen atoms in total. The molecular weight excluding hydrogens is 238 g/mol. The molecule has 96 valence electrons. The zero-order chi connectivity index (χ0) is 13.1. The van der Waals surface area contributed by atoms with Gasteiger partial charge in [0.1, 0.15) is 5.75 Å². The lowest BCUT2D eigenvalue weighted by Gasteiger charge is -2.21. The van der Waals surface area contributed by atoms with Gasteiger partial charge < -0.3 is 4.74 Å². The van der Waals surface area contributed by atoms with Gasteiger partial charge in [0, 0.05) is 13.1 Å². The lowest BCUT2D eigenvalue weighted by molar-refractivity contribution is 0.340. The van der Waals surface area contributed by atoms with E-state index >= 15 is 0 Å². The normalized spacial score (nSPS) is 12.1. The summed E-state index contributed by atoms with van der Waals surface area (Å²) in [7, 11) is -1.81. The fourth-order valence-electron chi connectivity index (χ4n) is 1.32. The van der Waals surface area contributed by atoms with E-state index in [2.05, 4.69) is 0 Å². The molecule has 1 aromatic carbocycles. The van der Waals surface area contributed by atoms with E-state index in [0.717, 1.165) is 0 Å². The summed E-state index contributed by atoms with van der Waals surface area (Å²) in [5, 5.41) is 0. The zero-order valence-electron chi connectivity index (χ0n) is 10.7. The number of nitrogens with zero attached hydrogens (tertiary/aromatic N) is 1. The summed E-state index contributed by atoms with van der Waals surface area (Å²) in [6, 6.07) is 6.42. The Labute approximate surface area is 103 Å². The fraction of sp³-hybridized carbons (Fsp3) is 0.500. The van der Waals surface area contributed by atoms with E-state index in [1.807, 2.05) is 20.8 Å². The van der Waals surface area contributed by atoms with Gasteiger partial charge in [-0.2, -0.15) is 4.31 Å². The molecule has 0 aliphatic heterocycles. The number of hydrogen-bond acceptors (Lipinski definition) is 3. The molecule has 0 saturated carbocycles. The molecule has 0 aromatic heterocycles. The summed E-state index contributed by atoms with van der Waals surface area (Å²) in [5.74, 6) is 0.679. The van der Waals surface area contributed by atoms with Crippen LogP contribution in [-0.2, 0) is 10.0 Å². The van der Waals surface area contributed by atoms with Gasteiger partial charge in [0.15, 0.2) is 0 Å². The zero-order valence-corrected chi connectivity index (χ0v) is 11.5. The summed E-state index contributed by atoms with van der Waals surface area (Å²) in [4.78, 5) is 0.289. The molecular formula is C12H19NO3S. The van der Waals surface area contributed by atoms with Gasteiger partial charge in [-0.05, 0) is 45.0 Å². The van der Waals surface area contributed by atoms with E-state index in [1.165, 1.54) is 4.31 Å². The monoisotopic (exact) mass is 257 g/mol. The van der Waals surface area contributed by atoms with Crippen LogP contribution >= 0.6 is 0 Å². The molecule has 0 heterocycles. The Morgan fingerprint density at radius 3 is 2.18 bits per heavy atom. The highest BCUT2D eigenvalue weighted by molar-refractivity contribution is 7.89. The second-order valence-electron chi connectivity index (χ2n) is 4.02. The van der Waals surface area contributed by atoms with E-state index < -0.39 is 10.0 Å². The van der Waals surface area contributed by atoms with Gasteiger partial charge in [-0.25, -0.2) is 8.42 Å². The van der Waals surface area contributed by atoms with Crippen molar-refractivity contribution in [3.63, 3.8) is 0 Å². The third-order valence-corrected chi connectivity index (χ3v) is 4.59. The maximum absolute atomic E-state index is 12.1.